The average molecular weight is 1410 g/mol. The number of hydrogen-bond acceptors (Lipinski definition) is 4. The first-order valence-electron chi connectivity index (χ1n) is 37.8. The molecule has 524 valence electrons. The molecule has 0 radical (unpaired) electrons. The van der Waals surface area contributed by atoms with Crippen LogP contribution < -0.4 is 19.6 Å². The van der Waals surface area contributed by atoms with Crippen molar-refractivity contribution in [2.24, 2.45) is 0 Å². The van der Waals surface area contributed by atoms with Gasteiger partial charge in [0.25, 0.3) is 0 Å². The lowest BCUT2D eigenvalue weighted by atomic mass is 9.78. The van der Waals surface area contributed by atoms with Gasteiger partial charge in [-0.3, -0.25) is 0 Å². The fourth-order valence-electron chi connectivity index (χ4n) is 16.2. The number of para-hydroxylation sites is 10. The van der Waals surface area contributed by atoms with Gasteiger partial charge in [-0.05, 0) is 249 Å². The van der Waals surface area contributed by atoms with Crippen LogP contribution >= 0.6 is 0 Å². The largest absolute Gasteiger partial charge is 0.311 e. The summed E-state index contributed by atoms with van der Waals surface area (Å²) in [5.74, 6) is 0. The lowest BCUT2D eigenvalue weighted by Gasteiger charge is -2.27. The number of hydrogen-bond donors (Lipinski definition) is 0. The molecule has 5 heteroatoms. The molecule has 0 spiro atoms. The van der Waals surface area contributed by atoms with E-state index >= 15 is 0 Å². The van der Waals surface area contributed by atoms with E-state index in [4.69, 9.17) is 0 Å². The van der Waals surface area contributed by atoms with E-state index in [0.29, 0.717) is 0 Å². The van der Waals surface area contributed by atoms with Gasteiger partial charge in [-0.15, -0.1) is 0 Å². The molecule has 0 fully saturated rings. The summed E-state index contributed by atoms with van der Waals surface area (Å²) in [6, 6.07) is 159. The van der Waals surface area contributed by atoms with Crippen LogP contribution in [0.5, 0.6) is 0 Å². The Balaban J connectivity index is 0.000000155. The van der Waals surface area contributed by atoms with Gasteiger partial charge in [0.05, 0.1) is 11.0 Å². The topological polar surface area (TPSA) is 17.9 Å². The Morgan fingerprint density at radius 3 is 0.845 bits per heavy atom. The molecule has 17 aromatic carbocycles. The Kier molecular flexibility index (Phi) is 18.4. The van der Waals surface area contributed by atoms with Crippen LogP contribution in [0.3, 0.4) is 0 Å². The Labute approximate surface area is 644 Å². The number of nitrogens with zero attached hydrogens (tertiary/aromatic N) is 5. The van der Waals surface area contributed by atoms with E-state index in [9.17, 15) is 0 Å². The van der Waals surface area contributed by atoms with Crippen LogP contribution in [0, 0.1) is 0 Å². The van der Waals surface area contributed by atoms with Crippen molar-refractivity contribution in [3.63, 3.8) is 0 Å². The first-order chi connectivity index (χ1) is 54.4. The molecule has 110 heavy (non-hydrogen) atoms. The molecule has 0 N–H and O–H groups in total. The van der Waals surface area contributed by atoms with Gasteiger partial charge in [0.15, 0.2) is 0 Å². The number of fused-ring (bicyclic) bond motifs is 6. The van der Waals surface area contributed by atoms with Gasteiger partial charge in [0.1, 0.15) is 0 Å². The lowest BCUT2D eigenvalue weighted by Crippen LogP contribution is -2.16. The van der Waals surface area contributed by atoms with Crippen molar-refractivity contribution in [1.29, 1.82) is 0 Å². The molecule has 0 atom stereocenters. The van der Waals surface area contributed by atoms with E-state index in [-0.39, 0.29) is 5.41 Å². The van der Waals surface area contributed by atoms with E-state index in [1.165, 1.54) is 77.4 Å². The van der Waals surface area contributed by atoms with Crippen molar-refractivity contribution in [3.8, 4) is 61.3 Å². The summed E-state index contributed by atoms with van der Waals surface area (Å²) in [6.45, 7) is 4.75. The SMILES string of the molecule is CC1(C)c2ccccc2-c2cc(-c3ccc(N(c4ccccc4)c4ccccc4)cc3)cc(-c3ccc(N(c4ccccc4)c4ccccc4)cc3)c21.c1ccc(N(c2ccccc2)c2ccc(-c3cc(-c4ccc(N(c5ccccc5)c5ccccc5)cc4)c4c(c3)c3ccccc3n4-c3ccccc3)cc2)cc1. The maximum absolute atomic E-state index is 2.43. The summed E-state index contributed by atoms with van der Waals surface area (Å²) < 4.78 is 2.43. The van der Waals surface area contributed by atoms with E-state index in [1.54, 1.807) is 0 Å². The number of anilines is 12. The molecule has 0 saturated heterocycles. The first kappa shape index (κ1) is 67.6. The third-order valence-electron chi connectivity index (χ3n) is 21.3. The molecule has 0 amide bonds. The molecule has 1 aromatic heterocycles. The smallest absolute Gasteiger partial charge is 0.0619 e. The fraction of sp³-hybridized carbons (Fsp3) is 0.0286. The molecular formula is C105H79N5. The second-order valence-electron chi connectivity index (χ2n) is 28.4. The summed E-state index contributed by atoms with van der Waals surface area (Å²) >= 11 is 0. The number of benzene rings is 17. The molecule has 0 saturated carbocycles. The Morgan fingerprint density at radius 2 is 0.473 bits per heavy atom. The van der Waals surface area contributed by atoms with Crippen LogP contribution in [-0.4, -0.2) is 4.57 Å². The second kappa shape index (κ2) is 29.9. The normalized spacial score (nSPS) is 11.8. The van der Waals surface area contributed by atoms with Gasteiger partial charge in [-0.25, -0.2) is 0 Å². The van der Waals surface area contributed by atoms with Crippen LogP contribution in [0.25, 0.3) is 83.1 Å². The summed E-state index contributed by atoms with van der Waals surface area (Å²) in [6.07, 6.45) is 0. The highest BCUT2D eigenvalue weighted by Crippen LogP contribution is 2.54. The van der Waals surface area contributed by atoms with Gasteiger partial charge >= 0.3 is 0 Å². The Bertz CT molecular complexity index is 6000. The molecule has 18 aromatic rings. The monoisotopic (exact) mass is 1410 g/mol. The van der Waals surface area contributed by atoms with Crippen molar-refractivity contribution in [1.82, 2.24) is 4.57 Å². The minimum atomic E-state index is -0.145. The van der Waals surface area contributed by atoms with E-state index in [0.717, 1.165) is 85.1 Å². The standard InChI is InChI=1S/C54H39N3.C51H40N2/c1-6-18-43(19-7-1)55(44-20-8-2-9-21-44)48-34-30-40(31-35-48)42-38-51(54-52(39-42)50-28-16-17-29-53(50)57(54)47-26-14-5-15-27-47)41-32-36-49(37-33-41)56(45-22-10-3-11-23-45)46-24-12-4-13-25-46;1-51(2)49-26-16-15-25-46(49)48-36-39(37-27-31-44(32-28-37)52(40-17-7-3-8-18-40)41-19-9-4-10-20-41)35-47(50(48)51)38-29-33-45(34-30-38)53(42-21-11-5-12-22-42)43-23-13-6-14-24-43/h1-39H;3-36H,1-2H3. The summed E-state index contributed by atoms with van der Waals surface area (Å²) in [5, 5.41) is 2.45. The third-order valence-corrected chi connectivity index (χ3v) is 21.3. The molecule has 0 aliphatic heterocycles. The second-order valence-corrected chi connectivity index (χ2v) is 28.4. The Morgan fingerprint density at radius 1 is 0.200 bits per heavy atom. The zero-order valence-electron chi connectivity index (χ0n) is 61.4. The van der Waals surface area contributed by atoms with Crippen LogP contribution in [0.2, 0.25) is 0 Å². The van der Waals surface area contributed by atoms with Crippen molar-refractivity contribution >= 4 is 90.1 Å². The highest BCUT2D eigenvalue weighted by Gasteiger charge is 2.38. The minimum Gasteiger partial charge on any atom is -0.311 e. The highest BCUT2D eigenvalue weighted by atomic mass is 15.2. The van der Waals surface area contributed by atoms with Crippen LogP contribution in [0.1, 0.15) is 25.0 Å². The molecule has 5 nitrogen and oxygen atoms in total. The molecule has 1 heterocycles. The van der Waals surface area contributed by atoms with Crippen LogP contribution in [-0.2, 0) is 5.41 Å². The van der Waals surface area contributed by atoms with Gasteiger partial charge in [0, 0.05) is 95.7 Å². The van der Waals surface area contributed by atoms with Crippen LogP contribution in [0.4, 0.5) is 68.2 Å². The minimum absolute atomic E-state index is 0.145. The van der Waals surface area contributed by atoms with E-state index in [2.05, 4.69) is 481 Å². The van der Waals surface area contributed by atoms with E-state index in [1.807, 2.05) is 0 Å². The zero-order valence-corrected chi connectivity index (χ0v) is 61.4. The van der Waals surface area contributed by atoms with E-state index < -0.39 is 0 Å². The predicted octanol–water partition coefficient (Wildman–Crippen LogP) is 29.3. The zero-order chi connectivity index (χ0) is 73.7. The van der Waals surface area contributed by atoms with Crippen molar-refractivity contribution in [2.75, 3.05) is 19.6 Å². The van der Waals surface area contributed by atoms with Crippen molar-refractivity contribution in [2.45, 2.75) is 19.3 Å². The van der Waals surface area contributed by atoms with Gasteiger partial charge in [-0.2, -0.15) is 0 Å². The molecule has 0 bridgehead atoms. The maximum Gasteiger partial charge on any atom is 0.0619 e. The molecule has 19 rings (SSSR count). The van der Waals surface area contributed by atoms with Crippen molar-refractivity contribution < 1.29 is 0 Å². The summed E-state index contributed by atoms with van der Waals surface area (Å²) in [7, 11) is 0. The fourth-order valence-corrected chi connectivity index (χ4v) is 16.2. The van der Waals surface area contributed by atoms with Gasteiger partial charge in [-0.1, -0.05) is 269 Å². The molecule has 1 aliphatic carbocycles. The van der Waals surface area contributed by atoms with Crippen LogP contribution in [0.15, 0.2) is 443 Å². The van der Waals surface area contributed by atoms with Crippen molar-refractivity contribution in [3.05, 3.63) is 454 Å². The quantitative estimate of drug-likeness (QED) is 0.0904. The summed E-state index contributed by atoms with van der Waals surface area (Å²) in [4.78, 5) is 9.25. The Hall–Kier alpha value is -14.3. The predicted molar refractivity (Wildman–Crippen MR) is 465 cm³/mol. The third kappa shape index (κ3) is 13.1. The molecule has 0 unspecified atom stereocenters. The maximum atomic E-state index is 2.43. The average Bonchev–Trinajstić information content (AvgIpc) is 1.56. The lowest BCUT2D eigenvalue weighted by molar-refractivity contribution is 0.662. The highest BCUT2D eigenvalue weighted by molar-refractivity contribution is 6.15. The van der Waals surface area contributed by atoms with Gasteiger partial charge in [0.2, 0.25) is 0 Å². The number of rotatable bonds is 17. The number of aromatic nitrogens is 1. The molecular weight excluding hydrogens is 1330 g/mol. The summed E-state index contributed by atoms with van der Waals surface area (Å²) in [5.41, 5.74) is 31.8. The van der Waals surface area contributed by atoms with Gasteiger partial charge < -0.3 is 24.2 Å². The molecule has 1 aliphatic rings. The first-order valence-corrected chi connectivity index (χ1v) is 37.8.